The molecular formula is C15H14F2N2O6S2. The van der Waals surface area contributed by atoms with Crippen LogP contribution < -0.4 is 14.6 Å². The third kappa shape index (κ3) is 5.52. The van der Waals surface area contributed by atoms with Crippen LogP contribution in [-0.2, 0) is 16.6 Å². The van der Waals surface area contributed by atoms with Gasteiger partial charge in [0, 0.05) is 6.07 Å². The first-order valence-corrected chi connectivity index (χ1v) is 9.60. The number of hydrogen-bond acceptors (Lipinski definition) is 7. The molecule has 0 radical (unpaired) electrons. The summed E-state index contributed by atoms with van der Waals surface area (Å²) in [6, 6.07) is 7.41. The Morgan fingerprint density at radius 2 is 1.93 bits per heavy atom. The first kappa shape index (κ1) is 20.9. The number of rotatable bonds is 8. The first-order chi connectivity index (χ1) is 12.6. The molecule has 0 spiro atoms. The van der Waals surface area contributed by atoms with E-state index in [0.29, 0.717) is 17.3 Å². The van der Waals surface area contributed by atoms with Gasteiger partial charge in [-0.2, -0.15) is 8.78 Å². The molecule has 146 valence electrons. The molecule has 0 atom stereocenters. The van der Waals surface area contributed by atoms with Crippen LogP contribution in [0.25, 0.3) is 0 Å². The summed E-state index contributed by atoms with van der Waals surface area (Å²) in [7, 11) is -2.78. The van der Waals surface area contributed by atoms with E-state index in [-0.39, 0.29) is 23.0 Å². The predicted molar refractivity (Wildman–Crippen MR) is 93.7 cm³/mol. The number of alkyl halides is 2. The Bertz CT molecular complexity index is 953. The molecule has 0 fully saturated rings. The van der Waals surface area contributed by atoms with E-state index < -0.39 is 31.3 Å². The zero-order valence-corrected chi connectivity index (χ0v) is 15.4. The monoisotopic (exact) mass is 420 g/mol. The molecule has 0 heterocycles. The molecule has 2 aromatic rings. The average Bonchev–Trinajstić information content (AvgIpc) is 2.59. The molecule has 12 heteroatoms. The second-order valence-electron chi connectivity index (χ2n) is 5.08. The van der Waals surface area contributed by atoms with Gasteiger partial charge in [-0.05, 0) is 29.8 Å². The van der Waals surface area contributed by atoms with Crippen molar-refractivity contribution in [1.29, 1.82) is 0 Å². The third-order valence-electron chi connectivity index (χ3n) is 3.29. The van der Waals surface area contributed by atoms with Crippen LogP contribution in [0.3, 0.4) is 0 Å². The van der Waals surface area contributed by atoms with Gasteiger partial charge in [0.05, 0.1) is 21.8 Å². The van der Waals surface area contributed by atoms with Gasteiger partial charge in [0.2, 0.25) is 10.0 Å². The molecule has 27 heavy (non-hydrogen) atoms. The Balaban J connectivity index is 2.24. The second kappa shape index (κ2) is 8.50. The van der Waals surface area contributed by atoms with Crippen LogP contribution >= 0.6 is 11.8 Å². The number of halogens is 2. The molecule has 0 aromatic heterocycles. The van der Waals surface area contributed by atoms with Crippen molar-refractivity contribution in [3.8, 4) is 11.5 Å². The van der Waals surface area contributed by atoms with Crippen LogP contribution in [0.4, 0.5) is 14.5 Å². The maximum Gasteiger partial charge on any atom is 0.312 e. The standard InChI is InChI=1S/C15H14F2N2O6S2/c1-24-13-6-9(2-5-14(13)26-15(16)17)8-25-12-4-3-10(27(18,22)23)7-11(12)19(20)21/h2-7,15H,8H2,1H3,(H2,18,22,23). The number of ether oxygens (including phenoxy) is 2. The highest BCUT2D eigenvalue weighted by molar-refractivity contribution is 7.99. The van der Waals surface area contributed by atoms with Crippen LogP contribution in [0.2, 0.25) is 0 Å². The molecule has 8 nitrogen and oxygen atoms in total. The van der Waals surface area contributed by atoms with Gasteiger partial charge in [-0.25, -0.2) is 13.6 Å². The van der Waals surface area contributed by atoms with E-state index >= 15 is 0 Å². The number of primary sulfonamides is 1. The fourth-order valence-corrected chi connectivity index (χ4v) is 3.23. The number of benzene rings is 2. The highest BCUT2D eigenvalue weighted by Crippen LogP contribution is 2.35. The highest BCUT2D eigenvalue weighted by atomic mass is 32.2. The minimum atomic E-state index is -4.11. The number of nitro benzene ring substituents is 1. The molecule has 0 saturated heterocycles. The number of nitrogens with two attached hydrogens (primary N) is 1. The molecule has 0 aliphatic carbocycles. The van der Waals surface area contributed by atoms with Crippen LogP contribution in [-0.4, -0.2) is 26.2 Å². The summed E-state index contributed by atoms with van der Waals surface area (Å²) < 4.78 is 58.1. The number of nitro groups is 1. The lowest BCUT2D eigenvalue weighted by atomic mass is 10.2. The van der Waals surface area contributed by atoms with E-state index in [2.05, 4.69) is 0 Å². The van der Waals surface area contributed by atoms with E-state index in [1.54, 1.807) is 0 Å². The number of sulfonamides is 1. The normalized spacial score (nSPS) is 11.4. The lowest BCUT2D eigenvalue weighted by Gasteiger charge is -2.11. The largest absolute Gasteiger partial charge is 0.496 e. The predicted octanol–water partition coefficient (Wildman–Crippen LogP) is 3.14. The van der Waals surface area contributed by atoms with Crippen molar-refractivity contribution in [2.75, 3.05) is 7.11 Å². The summed E-state index contributed by atoms with van der Waals surface area (Å²) >= 11 is 0.326. The Kier molecular flexibility index (Phi) is 6.57. The molecule has 2 aromatic carbocycles. The van der Waals surface area contributed by atoms with E-state index in [1.165, 1.54) is 25.3 Å². The Labute approximate surface area is 157 Å². The number of methoxy groups -OCH3 is 1. The molecule has 0 amide bonds. The van der Waals surface area contributed by atoms with Crippen molar-refractivity contribution in [3.63, 3.8) is 0 Å². The molecule has 0 aliphatic heterocycles. The summed E-state index contributed by atoms with van der Waals surface area (Å²) in [4.78, 5) is 10.2. The van der Waals surface area contributed by atoms with Gasteiger partial charge in [0.25, 0.3) is 5.76 Å². The molecule has 0 bridgehead atoms. The zero-order chi connectivity index (χ0) is 20.2. The quantitative estimate of drug-likeness (QED) is 0.395. The first-order valence-electron chi connectivity index (χ1n) is 7.17. The summed E-state index contributed by atoms with van der Waals surface area (Å²) in [5.41, 5.74) is -0.0614. The second-order valence-corrected chi connectivity index (χ2v) is 7.68. The maximum absolute atomic E-state index is 12.5. The Morgan fingerprint density at radius 3 is 2.48 bits per heavy atom. The van der Waals surface area contributed by atoms with Gasteiger partial charge in [-0.1, -0.05) is 17.8 Å². The SMILES string of the molecule is COc1cc(COc2ccc(S(N)(=O)=O)cc2[N+](=O)[O-])ccc1SC(F)F. The van der Waals surface area contributed by atoms with Crippen molar-refractivity contribution in [2.45, 2.75) is 22.2 Å². The molecular weight excluding hydrogens is 406 g/mol. The van der Waals surface area contributed by atoms with E-state index in [4.69, 9.17) is 14.6 Å². The number of hydrogen-bond donors (Lipinski definition) is 1. The number of nitrogens with zero attached hydrogens (tertiary/aromatic N) is 1. The van der Waals surface area contributed by atoms with Gasteiger partial charge in [0.1, 0.15) is 12.4 Å². The van der Waals surface area contributed by atoms with Crippen molar-refractivity contribution in [3.05, 3.63) is 52.1 Å². The fraction of sp³-hybridized carbons (Fsp3) is 0.200. The lowest BCUT2D eigenvalue weighted by molar-refractivity contribution is -0.386. The molecule has 0 aliphatic rings. The fourth-order valence-electron chi connectivity index (χ4n) is 2.10. The van der Waals surface area contributed by atoms with Gasteiger partial charge in [-0.3, -0.25) is 10.1 Å². The molecule has 2 rings (SSSR count). The van der Waals surface area contributed by atoms with Gasteiger partial charge < -0.3 is 9.47 Å². The smallest absolute Gasteiger partial charge is 0.312 e. The van der Waals surface area contributed by atoms with Crippen LogP contribution in [0.5, 0.6) is 11.5 Å². The van der Waals surface area contributed by atoms with Crippen LogP contribution in [0, 0.1) is 10.1 Å². The third-order valence-corrected chi connectivity index (χ3v) is 4.97. The van der Waals surface area contributed by atoms with Gasteiger partial charge in [0.15, 0.2) is 5.75 Å². The maximum atomic E-state index is 12.5. The molecule has 0 saturated carbocycles. The van der Waals surface area contributed by atoms with Gasteiger partial charge in [-0.15, -0.1) is 0 Å². The zero-order valence-electron chi connectivity index (χ0n) is 13.8. The average molecular weight is 420 g/mol. The van der Waals surface area contributed by atoms with E-state index in [9.17, 15) is 27.3 Å². The van der Waals surface area contributed by atoms with Crippen molar-refractivity contribution in [2.24, 2.45) is 5.14 Å². The lowest BCUT2D eigenvalue weighted by Crippen LogP contribution is -2.12. The minimum absolute atomic E-state index is 0.133. The van der Waals surface area contributed by atoms with Crippen molar-refractivity contribution in [1.82, 2.24) is 0 Å². The van der Waals surface area contributed by atoms with Crippen LogP contribution in [0.15, 0.2) is 46.2 Å². The molecule has 0 unspecified atom stereocenters. The highest BCUT2D eigenvalue weighted by Gasteiger charge is 2.20. The van der Waals surface area contributed by atoms with E-state index in [0.717, 1.165) is 18.2 Å². The summed E-state index contributed by atoms with van der Waals surface area (Å²) in [6.07, 6.45) is 0. The summed E-state index contributed by atoms with van der Waals surface area (Å²) in [5, 5.41) is 16.1. The number of thioether (sulfide) groups is 1. The van der Waals surface area contributed by atoms with Crippen molar-refractivity contribution < 1.29 is 31.6 Å². The Hall–Kier alpha value is -2.44. The summed E-state index contributed by atoms with van der Waals surface area (Å²) in [6.45, 7) is -0.133. The minimum Gasteiger partial charge on any atom is -0.496 e. The molecule has 2 N–H and O–H groups in total. The topological polar surface area (TPSA) is 122 Å². The van der Waals surface area contributed by atoms with E-state index in [1.807, 2.05) is 0 Å². The summed E-state index contributed by atoms with van der Waals surface area (Å²) in [5.74, 6) is -2.57. The van der Waals surface area contributed by atoms with Gasteiger partial charge >= 0.3 is 5.69 Å². The van der Waals surface area contributed by atoms with Crippen LogP contribution in [0.1, 0.15) is 5.56 Å². The van der Waals surface area contributed by atoms with Crippen molar-refractivity contribution >= 4 is 27.5 Å². The Morgan fingerprint density at radius 1 is 1.22 bits per heavy atom.